The van der Waals surface area contributed by atoms with Gasteiger partial charge in [0, 0.05) is 44.2 Å². The average Bonchev–Trinajstić information content (AvgIpc) is 2.72. The smallest absolute Gasteiger partial charge is 0.253 e. The number of likely N-dealkylation sites (tertiary alicyclic amines) is 1. The van der Waals surface area contributed by atoms with Gasteiger partial charge in [0.15, 0.2) is 0 Å². The van der Waals surface area contributed by atoms with Crippen LogP contribution in [0.1, 0.15) is 37.0 Å². The van der Waals surface area contributed by atoms with Crippen molar-refractivity contribution >= 4 is 34.1 Å². The summed E-state index contributed by atoms with van der Waals surface area (Å²) in [7, 11) is 3.57. The van der Waals surface area contributed by atoms with Gasteiger partial charge in [-0.1, -0.05) is 25.4 Å². The monoisotopic (exact) mass is 432 g/mol. The number of piperidine rings is 1. The minimum Gasteiger partial charge on any atom is -0.386 e. The number of anilines is 1. The van der Waals surface area contributed by atoms with Crippen LogP contribution in [0.5, 0.6) is 0 Å². The van der Waals surface area contributed by atoms with Crippen LogP contribution < -0.4 is 10.6 Å². The lowest BCUT2D eigenvalue weighted by Crippen LogP contribution is -2.43. The molecule has 164 valence electrons. The molecule has 1 fully saturated rings. The number of pyridine rings is 1. The Balaban J connectivity index is 1.59. The molecule has 2 heterocycles. The number of rotatable bonds is 8. The zero-order valence-electron chi connectivity index (χ0n) is 18.4. The van der Waals surface area contributed by atoms with Gasteiger partial charge < -0.3 is 20.3 Å². The van der Waals surface area contributed by atoms with Gasteiger partial charge in [-0.25, -0.2) is 0 Å². The van der Waals surface area contributed by atoms with Crippen LogP contribution in [0.3, 0.4) is 0 Å². The highest BCUT2D eigenvalue weighted by molar-refractivity contribution is 6.35. The average molecular weight is 433 g/mol. The number of ether oxygens (including phenoxy) is 1. The number of nitrogens with one attached hydrogen (secondary N) is 2. The van der Waals surface area contributed by atoms with E-state index in [0.29, 0.717) is 28.6 Å². The minimum absolute atomic E-state index is 0.119. The van der Waals surface area contributed by atoms with Crippen LogP contribution >= 0.6 is 11.6 Å². The second-order valence-electron chi connectivity index (χ2n) is 8.96. The summed E-state index contributed by atoms with van der Waals surface area (Å²) in [6.45, 7) is 9.07. The molecule has 1 aromatic carbocycles. The van der Waals surface area contributed by atoms with E-state index in [1.165, 1.54) is 0 Å². The molecule has 1 amide bonds. The molecule has 0 atom stereocenters. The number of methoxy groups -OCH3 is 1. The van der Waals surface area contributed by atoms with Gasteiger partial charge in [-0.2, -0.15) is 0 Å². The van der Waals surface area contributed by atoms with E-state index in [-0.39, 0.29) is 11.3 Å². The molecule has 0 aliphatic carbocycles. The Morgan fingerprint density at radius 3 is 2.77 bits per heavy atom. The molecule has 30 heavy (non-hydrogen) atoms. The van der Waals surface area contributed by atoms with Crippen molar-refractivity contribution in [1.82, 2.24) is 15.2 Å². The number of carbonyl (C=O) groups is 1. The Kier molecular flexibility index (Phi) is 7.55. The first kappa shape index (κ1) is 22.8. The fourth-order valence-corrected chi connectivity index (χ4v) is 4.67. The van der Waals surface area contributed by atoms with Crippen molar-refractivity contribution in [3.05, 3.63) is 35.0 Å². The molecule has 7 heteroatoms. The van der Waals surface area contributed by atoms with Crippen LogP contribution in [0.4, 0.5) is 5.69 Å². The van der Waals surface area contributed by atoms with E-state index in [2.05, 4.69) is 34.4 Å². The fraction of sp³-hybridized carbons (Fsp3) is 0.565. The van der Waals surface area contributed by atoms with E-state index in [1.54, 1.807) is 19.4 Å². The summed E-state index contributed by atoms with van der Waals surface area (Å²) in [5.74, 6) is 0.369. The molecule has 2 aromatic rings. The van der Waals surface area contributed by atoms with Gasteiger partial charge >= 0.3 is 0 Å². The number of halogens is 1. The van der Waals surface area contributed by atoms with Crippen molar-refractivity contribution in [3.8, 4) is 0 Å². The van der Waals surface area contributed by atoms with Gasteiger partial charge in [-0.15, -0.1) is 0 Å². The molecule has 6 nitrogen and oxygen atoms in total. The second-order valence-corrected chi connectivity index (χ2v) is 9.36. The standard InChI is InChI=1S/C23H33ClN4O2/c1-23(2,15-30-4)14-28-10-7-16(8-11-28)13-27-22(29)18-12-19(24)21(25-3)17-6-5-9-26-20(17)18/h5-6,9,12,16,25H,7-8,10-11,13-15H2,1-4H3,(H,27,29). The van der Waals surface area contributed by atoms with E-state index in [4.69, 9.17) is 16.3 Å². The van der Waals surface area contributed by atoms with Gasteiger partial charge in [0.25, 0.3) is 5.91 Å². The third kappa shape index (κ3) is 5.42. The molecule has 0 radical (unpaired) electrons. The Morgan fingerprint density at radius 2 is 2.10 bits per heavy atom. The van der Waals surface area contributed by atoms with Crippen molar-refractivity contribution in [3.63, 3.8) is 0 Å². The maximum absolute atomic E-state index is 12.9. The Hall–Kier alpha value is -1.89. The van der Waals surface area contributed by atoms with E-state index < -0.39 is 0 Å². The first-order chi connectivity index (χ1) is 14.3. The van der Waals surface area contributed by atoms with Crippen molar-refractivity contribution in [1.29, 1.82) is 0 Å². The van der Waals surface area contributed by atoms with Gasteiger partial charge in [0.1, 0.15) is 0 Å². The van der Waals surface area contributed by atoms with Gasteiger partial charge in [0.2, 0.25) is 0 Å². The molecule has 0 saturated carbocycles. The SMILES string of the molecule is CNc1c(Cl)cc(C(=O)NCC2CCN(CC(C)(C)COC)CC2)c2ncccc12. The summed E-state index contributed by atoms with van der Waals surface area (Å²) < 4.78 is 5.34. The lowest BCUT2D eigenvalue weighted by Gasteiger charge is -2.37. The normalized spacial score (nSPS) is 16.0. The van der Waals surface area contributed by atoms with Crippen LogP contribution in [-0.4, -0.2) is 62.7 Å². The highest BCUT2D eigenvalue weighted by Gasteiger charge is 2.26. The Bertz CT molecular complexity index is 879. The second kappa shape index (κ2) is 9.94. The third-order valence-corrected chi connectivity index (χ3v) is 6.08. The summed E-state index contributed by atoms with van der Waals surface area (Å²) >= 11 is 6.41. The maximum atomic E-state index is 12.9. The van der Waals surface area contributed by atoms with Crippen LogP contribution in [0, 0.1) is 11.3 Å². The topological polar surface area (TPSA) is 66.5 Å². The molecule has 1 aliphatic rings. The number of benzene rings is 1. The quantitative estimate of drug-likeness (QED) is 0.658. The Labute approximate surface area is 184 Å². The van der Waals surface area contributed by atoms with Gasteiger partial charge in [0.05, 0.1) is 28.4 Å². The number of nitrogens with zero attached hydrogens (tertiary/aromatic N) is 2. The van der Waals surface area contributed by atoms with Gasteiger partial charge in [-0.05, 0) is 50.0 Å². The van der Waals surface area contributed by atoms with E-state index >= 15 is 0 Å². The molecule has 1 aromatic heterocycles. The van der Waals surface area contributed by atoms with Gasteiger partial charge in [-0.3, -0.25) is 9.78 Å². The number of amides is 1. The summed E-state index contributed by atoms with van der Waals surface area (Å²) in [6.07, 6.45) is 3.87. The molecule has 2 N–H and O–H groups in total. The predicted molar refractivity (Wildman–Crippen MR) is 123 cm³/mol. The summed E-state index contributed by atoms with van der Waals surface area (Å²) in [5.41, 5.74) is 2.13. The zero-order valence-corrected chi connectivity index (χ0v) is 19.2. The molecular formula is C23H33ClN4O2. The molecule has 0 unspecified atom stereocenters. The van der Waals surface area contributed by atoms with Crippen molar-refractivity contribution < 1.29 is 9.53 Å². The fourth-order valence-electron chi connectivity index (χ4n) is 4.37. The van der Waals surface area contributed by atoms with Crippen LogP contribution in [0.15, 0.2) is 24.4 Å². The zero-order chi connectivity index (χ0) is 21.7. The highest BCUT2D eigenvalue weighted by atomic mass is 35.5. The highest BCUT2D eigenvalue weighted by Crippen LogP contribution is 2.32. The maximum Gasteiger partial charge on any atom is 0.253 e. The van der Waals surface area contributed by atoms with E-state index in [1.807, 2.05) is 19.2 Å². The first-order valence-electron chi connectivity index (χ1n) is 10.6. The molecular weight excluding hydrogens is 400 g/mol. The minimum atomic E-state index is -0.119. The number of aromatic nitrogens is 1. The lowest BCUT2D eigenvalue weighted by molar-refractivity contribution is 0.0564. The summed E-state index contributed by atoms with van der Waals surface area (Å²) in [6, 6.07) is 5.49. The largest absolute Gasteiger partial charge is 0.386 e. The predicted octanol–water partition coefficient (Wildman–Crippen LogP) is 4.04. The third-order valence-electron chi connectivity index (χ3n) is 5.78. The number of fused-ring (bicyclic) bond motifs is 1. The van der Waals surface area contributed by atoms with Crippen LogP contribution in [-0.2, 0) is 4.74 Å². The van der Waals surface area contributed by atoms with E-state index in [9.17, 15) is 4.79 Å². The first-order valence-corrected chi connectivity index (χ1v) is 11.0. The van der Waals surface area contributed by atoms with E-state index in [0.717, 1.165) is 50.2 Å². The number of hydrogen-bond donors (Lipinski definition) is 2. The number of carbonyl (C=O) groups excluding carboxylic acids is 1. The van der Waals surface area contributed by atoms with Crippen molar-refractivity contribution in [2.45, 2.75) is 26.7 Å². The van der Waals surface area contributed by atoms with Crippen molar-refractivity contribution in [2.75, 3.05) is 52.3 Å². The summed E-state index contributed by atoms with van der Waals surface area (Å²) in [5, 5.41) is 7.59. The molecule has 3 rings (SSSR count). The van der Waals surface area contributed by atoms with Crippen LogP contribution in [0.25, 0.3) is 10.9 Å². The number of hydrogen-bond acceptors (Lipinski definition) is 5. The van der Waals surface area contributed by atoms with Crippen LogP contribution in [0.2, 0.25) is 5.02 Å². The van der Waals surface area contributed by atoms with Crippen molar-refractivity contribution in [2.24, 2.45) is 11.3 Å². The molecule has 0 spiro atoms. The molecule has 0 bridgehead atoms. The Morgan fingerprint density at radius 1 is 1.37 bits per heavy atom. The molecule has 1 saturated heterocycles. The summed E-state index contributed by atoms with van der Waals surface area (Å²) in [4.78, 5) is 19.9. The lowest BCUT2D eigenvalue weighted by atomic mass is 9.91. The molecule has 1 aliphatic heterocycles.